The summed E-state index contributed by atoms with van der Waals surface area (Å²) in [6.07, 6.45) is -0.137. The molecule has 0 saturated carbocycles. The number of amides is 2. The van der Waals surface area contributed by atoms with Crippen LogP contribution in [0.1, 0.15) is 48.7 Å². The number of hydrogen-bond donors (Lipinski definition) is 1. The van der Waals surface area contributed by atoms with Crippen LogP contribution in [0.2, 0.25) is 0 Å². The van der Waals surface area contributed by atoms with Crippen LogP contribution in [0.15, 0.2) is 88.4 Å². The second-order valence-corrected chi connectivity index (χ2v) is 9.56. The lowest BCUT2D eigenvalue weighted by Gasteiger charge is -2.33. The smallest absolute Gasteiger partial charge is 0.411 e. The Labute approximate surface area is 207 Å². The summed E-state index contributed by atoms with van der Waals surface area (Å²) in [5.74, 6) is -0.163. The topological polar surface area (TPSA) is 71.0 Å². The molecule has 174 valence electrons. The number of anilines is 1. The Morgan fingerprint density at radius 3 is 2.26 bits per heavy atom. The van der Waals surface area contributed by atoms with E-state index in [9.17, 15) is 9.59 Å². The first kappa shape index (κ1) is 23.7. The van der Waals surface area contributed by atoms with E-state index >= 15 is 0 Å². The van der Waals surface area contributed by atoms with Gasteiger partial charge in [0.05, 0.1) is 17.4 Å². The van der Waals surface area contributed by atoms with Gasteiger partial charge >= 0.3 is 6.09 Å². The molecule has 0 bridgehead atoms. The van der Waals surface area contributed by atoms with Crippen LogP contribution in [0.4, 0.5) is 10.5 Å². The molecular formula is C27H26BrN3O3. The van der Waals surface area contributed by atoms with E-state index in [0.717, 1.165) is 21.3 Å². The summed E-state index contributed by atoms with van der Waals surface area (Å²) in [4.78, 5) is 25.4. The highest BCUT2D eigenvalue weighted by Crippen LogP contribution is 2.40. The molecule has 0 spiro atoms. The van der Waals surface area contributed by atoms with Gasteiger partial charge in [0.25, 0.3) is 5.91 Å². The second kappa shape index (κ2) is 9.81. The summed E-state index contributed by atoms with van der Waals surface area (Å²) < 4.78 is 6.04. The van der Waals surface area contributed by atoms with Crippen molar-refractivity contribution in [3.63, 3.8) is 0 Å². The summed E-state index contributed by atoms with van der Waals surface area (Å²) >= 11 is 3.42. The van der Waals surface area contributed by atoms with Crippen LogP contribution in [-0.4, -0.2) is 28.8 Å². The first-order valence-electron chi connectivity index (χ1n) is 11.1. The van der Waals surface area contributed by atoms with Crippen molar-refractivity contribution >= 4 is 39.3 Å². The maximum atomic E-state index is 13.5. The van der Waals surface area contributed by atoms with Crippen molar-refractivity contribution in [1.82, 2.24) is 5.01 Å². The van der Waals surface area contributed by atoms with Crippen molar-refractivity contribution in [3.05, 3.63) is 100 Å². The minimum Gasteiger partial charge on any atom is -0.447 e. The van der Waals surface area contributed by atoms with E-state index in [2.05, 4.69) is 21.2 Å². The molecule has 7 heteroatoms. The van der Waals surface area contributed by atoms with Crippen molar-refractivity contribution in [2.75, 3.05) is 5.32 Å². The third kappa shape index (κ3) is 5.04. The number of carbonyl (C=O) groups is 2. The summed E-state index contributed by atoms with van der Waals surface area (Å²) in [5, 5.41) is 9.10. The molecule has 4 rings (SSSR count). The van der Waals surface area contributed by atoms with Gasteiger partial charge in [-0.25, -0.2) is 9.80 Å². The van der Waals surface area contributed by atoms with Crippen LogP contribution in [0.5, 0.6) is 0 Å². The molecule has 1 N–H and O–H groups in total. The molecule has 0 saturated heterocycles. The molecule has 6 nitrogen and oxygen atoms in total. The van der Waals surface area contributed by atoms with Crippen LogP contribution in [-0.2, 0) is 10.3 Å². The Morgan fingerprint density at radius 1 is 1.00 bits per heavy atom. The highest BCUT2D eigenvalue weighted by atomic mass is 79.9. The number of hydrogen-bond acceptors (Lipinski definition) is 4. The summed E-state index contributed by atoms with van der Waals surface area (Å²) in [6, 6.07) is 24.6. The van der Waals surface area contributed by atoms with Gasteiger partial charge in [-0.15, -0.1) is 0 Å². The lowest BCUT2D eigenvalue weighted by atomic mass is 9.85. The van der Waals surface area contributed by atoms with Crippen LogP contribution in [0.25, 0.3) is 0 Å². The van der Waals surface area contributed by atoms with E-state index in [1.807, 2.05) is 61.5 Å². The summed E-state index contributed by atoms with van der Waals surface area (Å²) in [5.41, 5.74) is 3.25. The Hall–Kier alpha value is -3.45. The summed E-state index contributed by atoms with van der Waals surface area (Å²) in [6.45, 7) is 5.63. The molecule has 34 heavy (non-hydrogen) atoms. The molecule has 0 fully saturated rings. The Bertz CT molecular complexity index is 1210. The average molecular weight is 520 g/mol. The van der Waals surface area contributed by atoms with Gasteiger partial charge in [-0.1, -0.05) is 58.4 Å². The molecule has 0 radical (unpaired) electrons. The lowest BCUT2D eigenvalue weighted by Crippen LogP contribution is -2.41. The molecular weight excluding hydrogens is 494 g/mol. The standard InChI is InChI=1S/C27H26BrN3O3/c1-18(2)34-26(33)29-23-15-11-19(12-16-23)24-17-27(3,21-7-5-4-6-8-21)31(30-24)25(32)20-9-13-22(28)14-10-20/h4-16,18H,17H2,1-3H3,(H,29,33)/t27-/m0/s1. The normalized spacial score (nSPS) is 17.4. The van der Waals surface area contributed by atoms with Crippen molar-refractivity contribution < 1.29 is 14.3 Å². The minimum absolute atomic E-state index is 0.163. The molecule has 3 aromatic carbocycles. The third-order valence-corrected chi connectivity index (χ3v) is 6.22. The fraction of sp³-hybridized carbons (Fsp3) is 0.222. The van der Waals surface area contributed by atoms with Crippen LogP contribution >= 0.6 is 15.9 Å². The van der Waals surface area contributed by atoms with Crippen molar-refractivity contribution in [2.45, 2.75) is 38.8 Å². The van der Waals surface area contributed by atoms with E-state index in [1.54, 1.807) is 43.1 Å². The molecule has 1 aliphatic rings. The number of halogens is 1. The number of rotatable bonds is 5. The molecule has 0 unspecified atom stereocenters. The van der Waals surface area contributed by atoms with Gasteiger partial charge in [-0.05, 0) is 68.3 Å². The van der Waals surface area contributed by atoms with Gasteiger partial charge in [-0.3, -0.25) is 10.1 Å². The maximum Gasteiger partial charge on any atom is 0.411 e. The fourth-order valence-corrected chi connectivity index (χ4v) is 4.20. The van der Waals surface area contributed by atoms with Crippen molar-refractivity contribution in [3.8, 4) is 0 Å². The van der Waals surface area contributed by atoms with Crippen LogP contribution < -0.4 is 5.32 Å². The van der Waals surface area contributed by atoms with E-state index in [4.69, 9.17) is 9.84 Å². The molecule has 1 aliphatic heterocycles. The van der Waals surface area contributed by atoms with Crippen LogP contribution in [0, 0.1) is 0 Å². The van der Waals surface area contributed by atoms with Gasteiger partial charge < -0.3 is 4.74 Å². The zero-order valence-corrected chi connectivity index (χ0v) is 20.9. The van der Waals surface area contributed by atoms with E-state index < -0.39 is 11.6 Å². The zero-order chi connectivity index (χ0) is 24.3. The van der Waals surface area contributed by atoms with E-state index in [-0.39, 0.29) is 12.0 Å². The van der Waals surface area contributed by atoms with Gasteiger partial charge in [0.15, 0.2) is 0 Å². The largest absolute Gasteiger partial charge is 0.447 e. The monoisotopic (exact) mass is 519 g/mol. The molecule has 1 atom stereocenters. The number of carbonyl (C=O) groups excluding carboxylic acids is 2. The first-order valence-corrected chi connectivity index (χ1v) is 11.9. The van der Waals surface area contributed by atoms with Gasteiger partial charge in [-0.2, -0.15) is 5.10 Å². The maximum absolute atomic E-state index is 13.5. The third-order valence-electron chi connectivity index (χ3n) is 5.69. The average Bonchev–Trinajstić information content (AvgIpc) is 3.18. The number of benzene rings is 3. The molecule has 0 aromatic heterocycles. The number of nitrogens with zero attached hydrogens (tertiary/aromatic N) is 2. The van der Waals surface area contributed by atoms with E-state index in [0.29, 0.717) is 17.7 Å². The SMILES string of the molecule is CC(C)OC(=O)Nc1ccc(C2=NN(C(=O)c3ccc(Br)cc3)[C@](C)(c3ccccc3)C2)cc1. The minimum atomic E-state index is -0.640. The molecule has 2 amide bonds. The van der Waals surface area contributed by atoms with Gasteiger partial charge in [0.2, 0.25) is 0 Å². The number of ether oxygens (including phenoxy) is 1. The first-order chi connectivity index (χ1) is 16.3. The molecule has 1 heterocycles. The van der Waals surface area contributed by atoms with Crippen molar-refractivity contribution in [1.29, 1.82) is 0 Å². The Kier molecular flexibility index (Phi) is 6.84. The van der Waals surface area contributed by atoms with Crippen molar-refractivity contribution in [2.24, 2.45) is 5.10 Å². The van der Waals surface area contributed by atoms with Crippen LogP contribution in [0.3, 0.4) is 0 Å². The second-order valence-electron chi connectivity index (χ2n) is 8.64. The van der Waals surface area contributed by atoms with Gasteiger partial charge in [0.1, 0.15) is 0 Å². The lowest BCUT2D eigenvalue weighted by molar-refractivity contribution is 0.0573. The Balaban J connectivity index is 1.64. The fourth-order valence-electron chi connectivity index (χ4n) is 3.94. The number of hydrazone groups is 1. The zero-order valence-electron chi connectivity index (χ0n) is 19.3. The summed E-state index contributed by atoms with van der Waals surface area (Å²) in [7, 11) is 0. The van der Waals surface area contributed by atoms with E-state index in [1.165, 1.54) is 0 Å². The van der Waals surface area contributed by atoms with Gasteiger partial charge in [0, 0.05) is 22.1 Å². The predicted octanol–water partition coefficient (Wildman–Crippen LogP) is 6.57. The quantitative estimate of drug-likeness (QED) is 0.414. The molecule has 3 aromatic rings. The number of nitrogens with one attached hydrogen (secondary N) is 1. The highest BCUT2D eigenvalue weighted by Gasteiger charge is 2.44. The highest BCUT2D eigenvalue weighted by molar-refractivity contribution is 9.10. The Morgan fingerprint density at radius 2 is 1.65 bits per heavy atom. The predicted molar refractivity (Wildman–Crippen MR) is 137 cm³/mol. The molecule has 0 aliphatic carbocycles.